The van der Waals surface area contributed by atoms with Gasteiger partial charge in [-0.15, -0.1) is 0 Å². The van der Waals surface area contributed by atoms with Crippen molar-refractivity contribution in [2.24, 2.45) is 0 Å². The van der Waals surface area contributed by atoms with E-state index in [1.807, 2.05) is 30.3 Å². The molecule has 0 bridgehead atoms. The molecule has 0 radical (unpaired) electrons. The summed E-state index contributed by atoms with van der Waals surface area (Å²) < 4.78 is 11.5. The predicted octanol–water partition coefficient (Wildman–Crippen LogP) is 4.07. The van der Waals surface area contributed by atoms with Crippen LogP contribution in [0.15, 0.2) is 30.3 Å². The Labute approximate surface area is 134 Å². The lowest BCUT2D eigenvalue weighted by molar-refractivity contribution is -0.146. The van der Waals surface area contributed by atoms with Crippen molar-refractivity contribution in [2.75, 3.05) is 6.61 Å². The number of carboxylic acid groups (broad SMARTS) is 1. The van der Waals surface area contributed by atoms with Gasteiger partial charge in [-0.1, -0.05) is 51.1 Å². The van der Waals surface area contributed by atoms with Crippen molar-refractivity contribution in [3.8, 4) is 0 Å². The lowest BCUT2D eigenvalue weighted by Gasteiger charge is -2.38. The Hall–Kier alpha value is -1.17. The van der Waals surface area contributed by atoms with E-state index in [1.54, 1.807) is 0 Å². The quantitative estimate of drug-likeness (QED) is 0.578. The topological polar surface area (TPSA) is 55.8 Å². The van der Waals surface area contributed by atoms with Crippen molar-refractivity contribution in [1.82, 2.24) is 0 Å². The number of ether oxygens (including phenoxy) is 1. The number of rotatable bonds is 8. The van der Waals surface area contributed by atoms with Crippen LogP contribution in [-0.2, 0) is 20.6 Å². The fourth-order valence-electron chi connectivity index (χ4n) is 1.72. The van der Waals surface area contributed by atoms with Crippen molar-refractivity contribution in [3.05, 3.63) is 35.9 Å². The molecule has 0 aliphatic carbocycles. The molecule has 1 aromatic rings. The van der Waals surface area contributed by atoms with E-state index in [-0.39, 0.29) is 5.04 Å². The van der Waals surface area contributed by atoms with Crippen LogP contribution in [0.4, 0.5) is 0 Å². The highest BCUT2D eigenvalue weighted by atomic mass is 28.4. The summed E-state index contributed by atoms with van der Waals surface area (Å²) in [5.41, 5.74) is 1.08. The van der Waals surface area contributed by atoms with Crippen LogP contribution in [0.25, 0.3) is 0 Å². The summed E-state index contributed by atoms with van der Waals surface area (Å²) in [6.45, 7) is 11.3. The van der Waals surface area contributed by atoms with Gasteiger partial charge in [0.25, 0.3) is 0 Å². The van der Waals surface area contributed by atoms with Gasteiger partial charge in [-0.2, -0.15) is 0 Å². The number of carbonyl (C=O) groups is 1. The Kier molecular flexibility index (Phi) is 6.78. The van der Waals surface area contributed by atoms with Gasteiger partial charge in [0.15, 0.2) is 8.32 Å². The van der Waals surface area contributed by atoms with Crippen molar-refractivity contribution in [2.45, 2.75) is 58.0 Å². The maximum absolute atomic E-state index is 11.4. The minimum Gasteiger partial charge on any atom is -0.479 e. The van der Waals surface area contributed by atoms with Crippen molar-refractivity contribution in [1.29, 1.82) is 0 Å². The Morgan fingerprint density at radius 1 is 1.23 bits per heavy atom. The highest BCUT2D eigenvalue weighted by Gasteiger charge is 2.40. The Morgan fingerprint density at radius 3 is 2.32 bits per heavy atom. The van der Waals surface area contributed by atoms with E-state index in [0.717, 1.165) is 5.56 Å². The van der Waals surface area contributed by atoms with Crippen molar-refractivity contribution in [3.63, 3.8) is 0 Å². The maximum Gasteiger partial charge on any atom is 0.331 e. The lowest BCUT2D eigenvalue weighted by atomic mass is 10.2. The molecular formula is C17H28O4Si. The average Bonchev–Trinajstić information content (AvgIpc) is 2.41. The molecule has 124 valence electrons. The Balaban J connectivity index is 2.47. The molecule has 0 amide bonds. The Morgan fingerprint density at radius 2 is 1.82 bits per heavy atom. The minimum atomic E-state index is -2.09. The van der Waals surface area contributed by atoms with Gasteiger partial charge in [-0.25, -0.2) is 4.79 Å². The zero-order valence-corrected chi connectivity index (χ0v) is 15.3. The second-order valence-corrected chi connectivity index (χ2v) is 11.8. The molecule has 0 fully saturated rings. The second kappa shape index (κ2) is 7.90. The van der Waals surface area contributed by atoms with E-state index in [0.29, 0.717) is 19.6 Å². The maximum atomic E-state index is 11.4. The average molecular weight is 324 g/mol. The van der Waals surface area contributed by atoms with E-state index in [9.17, 15) is 9.90 Å². The summed E-state index contributed by atoms with van der Waals surface area (Å²) in [5, 5.41) is 9.35. The first-order valence-corrected chi connectivity index (χ1v) is 10.6. The monoisotopic (exact) mass is 324 g/mol. The minimum absolute atomic E-state index is 0.00834. The molecule has 0 unspecified atom stereocenters. The number of hydrogen-bond donors (Lipinski definition) is 1. The predicted molar refractivity (Wildman–Crippen MR) is 90.4 cm³/mol. The fourth-order valence-corrected chi connectivity index (χ4v) is 3.00. The third-order valence-corrected chi connectivity index (χ3v) is 8.64. The molecule has 1 N–H and O–H groups in total. The molecule has 4 nitrogen and oxygen atoms in total. The molecule has 0 heterocycles. The SMILES string of the molecule is CC(C)(C)[Si](C)(C)O[C@@H](CCOCc1ccccc1)C(=O)O. The number of carboxylic acids is 1. The van der Waals surface area contributed by atoms with Crippen LogP contribution in [0.5, 0.6) is 0 Å². The second-order valence-electron chi connectivity index (χ2n) is 7.03. The van der Waals surface area contributed by atoms with Crippen LogP contribution in [0.1, 0.15) is 32.8 Å². The first-order valence-electron chi connectivity index (χ1n) is 7.66. The highest BCUT2D eigenvalue weighted by molar-refractivity contribution is 6.74. The zero-order chi connectivity index (χ0) is 16.8. The summed E-state index contributed by atoms with van der Waals surface area (Å²) in [5.74, 6) is -0.909. The third kappa shape index (κ3) is 5.91. The summed E-state index contributed by atoms with van der Waals surface area (Å²) in [7, 11) is -2.09. The van der Waals surface area contributed by atoms with Crippen molar-refractivity contribution < 1.29 is 19.1 Å². The molecule has 0 aliphatic rings. The molecular weight excluding hydrogens is 296 g/mol. The largest absolute Gasteiger partial charge is 0.479 e. The third-order valence-electron chi connectivity index (χ3n) is 4.15. The summed E-state index contributed by atoms with van der Waals surface area (Å²) in [6.07, 6.45) is -0.425. The lowest BCUT2D eigenvalue weighted by Crippen LogP contribution is -2.46. The molecule has 0 saturated heterocycles. The molecule has 1 rings (SSSR count). The summed E-state index contributed by atoms with van der Waals surface area (Å²) >= 11 is 0. The van der Waals surface area contributed by atoms with Gasteiger partial charge in [0.1, 0.15) is 6.10 Å². The van der Waals surface area contributed by atoms with Gasteiger partial charge in [0.05, 0.1) is 13.2 Å². The van der Waals surface area contributed by atoms with Gasteiger partial charge in [-0.3, -0.25) is 0 Å². The molecule has 0 aromatic heterocycles. The van der Waals surface area contributed by atoms with Gasteiger partial charge in [0.2, 0.25) is 0 Å². The van der Waals surface area contributed by atoms with Gasteiger partial charge in [0, 0.05) is 6.42 Å². The molecule has 1 atom stereocenters. The van der Waals surface area contributed by atoms with E-state index >= 15 is 0 Å². The van der Waals surface area contributed by atoms with Gasteiger partial charge >= 0.3 is 5.97 Å². The number of benzene rings is 1. The van der Waals surface area contributed by atoms with Gasteiger partial charge in [-0.05, 0) is 23.7 Å². The first kappa shape index (κ1) is 18.9. The van der Waals surface area contributed by atoms with Crippen LogP contribution in [0, 0.1) is 0 Å². The van der Waals surface area contributed by atoms with Gasteiger partial charge < -0.3 is 14.3 Å². The van der Waals surface area contributed by atoms with E-state index in [4.69, 9.17) is 9.16 Å². The van der Waals surface area contributed by atoms with Crippen LogP contribution in [-0.4, -0.2) is 32.1 Å². The first-order chi connectivity index (χ1) is 10.1. The van der Waals surface area contributed by atoms with E-state index in [1.165, 1.54) is 0 Å². The normalized spacial score (nSPS) is 13.9. The smallest absolute Gasteiger partial charge is 0.331 e. The molecule has 1 aromatic carbocycles. The van der Waals surface area contributed by atoms with E-state index < -0.39 is 20.4 Å². The van der Waals surface area contributed by atoms with Crippen molar-refractivity contribution >= 4 is 14.3 Å². The Bertz CT molecular complexity index is 465. The molecule has 0 saturated carbocycles. The van der Waals surface area contributed by atoms with Crippen LogP contribution < -0.4 is 0 Å². The molecule has 0 aliphatic heterocycles. The van der Waals surface area contributed by atoms with Crippen LogP contribution in [0.3, 0.4) is 0 Å². The standard InChI is InChI=1S/C17H28O4Si/c1-17(2,3)22(4,5)21-15(16(18)19)11-12-20-13-14-9-7-6-8-10-14/h6-10,15H,11-13H2,1-5H3,(H,18,19)/t15-/m0/s1. The van der Waals surface area contributed by atoms with Crippen LogP contribution in [0.2, 0.25) is 18.1 Å². The van der Waals surface area contributed by atoms with Crippen LogP contribution >= 0.6 is 0 Å². The number of hydrogen-bond acceptors (Lipinski definition) is 3. The number of aliphatic carboxylic acids is 1. The molecule has 0 spiro atoms. The van der Waals surface area contributed by atoms with E-state index in [2.05, 4.69) is 33.9 Å². The molecule has 22 heavy (non-hydrogen) atoms. The highest BCUT2D eigenvalue weighted by Crippen LogP contribution is 2.37. The summed E-state index contributed by atoms with van der Waals surface area (Å²) in [6, 6.07) is 9.84. The zero-order valence-electron chi connectivity index (χ0n) is 14.3. The molecule has 5 heteroatoms. The summed E-state index contributed by atoms with van der Waals surface area (Å²) in [4.78, 5) is 11.4. The fraction of sp³-hybridized carbons (Fsp3) is 0.588.